The molecular formula is C17H28. The number of hydrogen-bond acceptors (Lipinski definition) is 0. The van der Waals surface area contributed by atoms with E-state index in [-0.39, 0.29) is 0 Å². The van der Waals surface area contributed by atoms with Gasteiger partial charge in [-0.3, -0.25) is 0 Å². The monoisotopic (exact) mass is 232 g/mol. The molecule has 0 spiro atoms. The molecule has 2 saturated carbocycles. The third kappa shape index (κ3) is 1.71. The van der Waals surface area contributed by atoms with Gasteiger partial charge < -0.3 is 0 Å². The van der Waals surface area contributed by atoms with Crippen LogP contribution in [0.4, 0.5) is 0 Å². The van der Waals surface area contributed by atoms with Crippen LogP contribution in [0.2, 0.25) is 0 Å². The van der Waals surface area contributed by atoms with E-state index >= 15 is 0 Å². The van der Waals surface area contributed by atoms with Gasteiger partial charge in [-0.15, -0.1) is 0 Å². The molecule has 3 rings (SSSR count). The number of rotatable bonds is 2. The van der Waals surface area contributed by atoms with Crippen molar-refractivity contribution in [1.29, 1.82) is 0 Å². The van der Waals surface area contributed by atoms with Gasteiger partial charge in [-0.25, -0.2) is 0 Å². The van der Waals surface area contributed by atoms with E-state index in [2.05, 4.69) is 39.8 Å². The average Bonchev–Trinajstić information content (AvgIpc) is 2.88. The molecule has 3 aliphatic rings. The maximum absolute atomic E-state index is 2.57. The zero-order valence-corrected chi connectivity index (χ0v) is 12.0. The van der Waals surface area contributed by atoms with Gasteiger partial charge in [-0.05, 0) is 60.2 Å². The fourth-order valence-electron chi connectivity index (χ4n) is 5.58. The van der Waals surface area contributed by atoms with Crippen molar-refractivity contribution >= 4 is 0 Å². The molecule has 96 valence electrons. The predicted octanol–water partition coefficient (Wildman–Crippen LogP) is 5.05. The Morgan fingerprint density at radius 2 is 1.88 bits per heavy atom. The maximum Gasteiger partial charge on any atom is -0.0110 e. The van der Waals surface area contributed by atoms with Crippen molar-refractivity contribution in [2.45, 2.75) is 59.8 Å². The van der Waals surface area contributed by atoms with E-state index < -0.39 is 0 Å². The van der Waals surface area contributed by atoms with Crippen LogP contribution >= 0.6 is 0 Å². The molecule has 3 aliphatic carbocycles. The van der Waals surface area contributed by atoms with E-state index in [9.17, 15) is 0 Å². The van der Waals surface area contributed by atoms with Gasteiger partial charge in [0.25, 0.3) is 0 Å². The largest absolute Gasteiger partial charge is 0.0851 e. The standard InChI is InChI=1S/C17H28/c1-5-13-9-16(3)10-14(13)15(11-16)17(4)7-6-12(2)8-17/h6-7,12-15H,5,8-11H2,1-4H3. The summed E-state index contributed by atoms with van der Waals surface area (Å²) in [7, 11) is 0. The highest BCUT2D eigenvalue weighted by Gasteiger charge is 2.56. The lowest BCUT2D eigenvalue weighted by atomic mass is 9.63. The minimum atomic E-state index is 0.523. The minimum absolute atomic E-state index is 0.523. The van der Waals surface area contributed by atoms with E-state index in [0.29, 0.717) is 10.8 Å². The van der Waals surface area contributed by atoms with E-state index in [0.717, 1.165) is 23.7 Å². The van der Waals surface area contributed by atoms with Gasteiger partial charge in [-0.1, -0.05) is 46.3 Å². The van der Waals surface area contributed by atoms with Crippen molar-refractivity contribution in [3.8, 4) is 0 Å². The number of fused-ring (bicyclic) bond motifs is 2. The van der Waals surface area contributed by atoms with E-state index in [4.69, 9.17) is 0 Å². The van der Waals surface area contributed by atoms with Gasteiger partial charge in [0.2, 0.25) is 0 Å². The van der Waals surface area contributed by atoms with Crippen molar-refractivity contribution in [3.05, 3.63) is 12.2 Å². The average molecular weight is 232 g/mol. The van der Waals surface area contributed by atoms with Crippen LogP contribution in [-0.4, -0.2) is 0 Å². The molecule has 2 bridgehead atoms. The smallest absolute Gasteiger partial charge is 0.0110 e. The Morgan fingerprint density at radius 3 is 2.41 bits per heavy atom. The summed E-state index contributed by atoms with van der Waals surface area (Å²) in [6.07, 6.45) is 12.4. The molecule has 0 saturated heterocycles. The van der Waals surface area contributed by atoms with E-state index in [1.54, 1.807) is 0 Å². The Hall–Kier alpha value is -0.260. The van der Waals surface area contributed by atoms with Gasteiger partial charge in [0.1, 0.15) is 0 Å². The lowest BCUT2D eigenvalue weighted by Gasteiger charge is -2.41. The van der Waals surface area contributed by atoms with Gasteiger partial charge in [-0.2, -0.15) is 0 Å². The highest BCUT2D eigenvalue weighted by Crippen LogP contribution is 2.65. The summed E-state index contributed by atoms with van der Waals surface area (Å²) in [5.74, 6) is 3.85. The fraction of sp³-hybridized carbons (Fsp3) is 0.882. The van der Waals surface area contributed by atoms with Crippen LogP contribution in [0, 0.1) is 34.5 Å². The molecule has 2 fully saturated rings. The second kappa shape index (κ2) is 3.62. The summed E-state index contributed by atoms with van der Waals surface area (Å²) in [4.78, 5) is 0. The van der Waals surface area contributed by atoms with Crippen LogP contribution in [0.3, 0.4) is 0 Å². The Bertz CT molecular complexity index is 342. The summed E-state index contributed by atoms with van der Waals surface area (Å²) in [5.41, 5.74) is 1.22. The SMILES string of the molecule is CCC1CC2(C)CC1C(C1(C)C=CC(C)C1)C2. The zero-order valence-electron chi connectivity index (χ0n) is 12.0. The van der Waals surface area contributed by atoms with Crippen LogP contribution in [-0.2, 0) is 0 Å². The normalized spacial score (nSPS) is 56.9. The second-order valence-corrected chi connectivity index (χ2v) is 7.91. The van der Waals surface area contributed by atoms with Crippen molar-refractivity contribution < 1.29 is 0 Å². The Kier molecular flexibility index (Phi) is 2.51. The first-order valence-electron chi connectivity index (χ1n) is 7.65. The Balaban J connectivity index is 1.84. The highest BCUT2D eigenvalue weighted by atomic mass is 14.6. The molecule has 0 aromatic carbocycles. The van der Waals surface area contributed by atoms with Crippen molar-refractivity contribution in [2.24, 2.45) is 34.5 Å². The lowest BCUT2D eigenvalue weighted by Crippen LogP contribution is -2.34. The maximum atomic E-state index is 2.57. The molecule has 0 radical (unpaired) electrons. The molecule has 0 heterocycles. The van der Waals surface area contributed by atoms with Crippen LogP contribution < -0.4 is 0 Å². The van der Waals surface area contributed by atoms with Crippen LogP contribution in [0.25, 0.3) is 0 Å². The van der Waals surface area contributed by atoms with E-state index in [1.807, 2.05) is 0 Å². The summed E-state index contributed by atoms with van der Waals surface area (Å²) in [6, 6.07) is 0. The second-order valence-electron chi connectivity index (χ2n) is 7.91. The van der Waals surface area contributed by atoms with Gasteiger partial charge in [0, 0.05) is 0 Å². The summed E-state index contributed by atoms with van der Waals surface area (Å²) in [5, 5.41) is 0. The topological polar surface area (TPSA) is 0 Å². The van der Waals surface area contributed by atoms with Gasteiger partial charge in [0.15, 0.2) is 0 Å². The van der Waals surface area contributed by atoms with E-state index in [1.165, 1.54) is 32.1 Å². The summed E-state index contributed by atoms with van der Waals surface area (Å²) < 4.78 is 0. The van der Waals surface area contributed by atoms with Crippen molar-refractivity contribution in [2.75, 3.05) is 0 Å². The minimum Gasteiger partial charge on any atom is -0.0851 e. The molecule has 0 aromatic heterocycles. The molecule has 6 atom stereocenters. The molecule has 0 aliphatic heterocycles. The molecule has 0 N–H and O–H groups in total. The molecule has 0 aromatic rings. The highest BCUT2D eigenvalue weighted by molar-refractivity contribution is 5.16. The van der Waals surface area contributed by atoms with Crippen molar-refractivity contribution in [3.63, 3.8) is 0 Å². The number of allylic oxidation sites excluding steroid dienone is 2. The first kappa shape index (κ1) is 11.8. The number of hydrogen-bond donors (Lipinski definition) is 0. The third-order valence-corrected chi connectivity index (χ3v) is 6.26. The molecule has 0 nitrogen and oxygen atoms in total. The molecule has 6 unspecified atom stereocenters. The van der Waals surface area contributed by atoms with Crippen LogP contribution in [0.1, 0.15) is 59.8 Å². The lowest BCUT2D eigenvalue weighted by molar-refractivity contribution is 0.0985. The Labute approximate surface area is 107 Å². The molecule has 0 amide bonds. The summed E-state index contributed by atoms with van der Waals surface area (Å²) in [6.45, 7) is 9.88. The van der Waals surface area contributed by atoms with Crippen molar-refractivity contribution in [1.82, 2.24) is 0 Å². The fourth-order valence-corrected chi connectivity index (χ4v) is 5.58. The Morgan fingerprint density at radius 1 is 1.12 bits per heavy atom. The molecular weight excluding hydrogens is 204 g/mol. The zero-order chi connectivity index (χ0) is 12.3. The molecule has 17 heavy (non-hydrogen) atoms. The van der Waals surface area contributed by atoms with Crippen LogP contribution in [0.5, 0.6) is 0 Å². The quantitative estimate of drug-likeness (QED) is 0.584. The third-order valence-electron chi connectivity index (χ3n) is 6.26. The van der Waals surface area contributed by atoms with Gasteiger partial charge in [0.05, 0.1) is 0 Å². The van der Waals surface area contributed by atoms with Gasteiger partial charge >= 0.3 is 0 Å². The molecule has 0 heteroatoms. The van der Waals surface area contributed by atoms with Crippen LogP contribution in [0.15, 0.2) is 12.2 Å². The summed E-state index contributed by atoms with van der Waals surface area (Å²) >= 11 is 0. The first-order valence-corrected chi connectivity index (χ1v) is 7.65. The first-order chi connectivity index (χ1) is 7.96. The predicted molar refractivity (Wildman–Crippen MR) is 73.7 cm³/mol.